The monoisotopic (exact) mass is 428 g/mol. The molecule has 1 fully saturated rings. The highest BCUT2D eigenvalue weighted by molar-refractivity contribution is 7.98. The predicted octanol–water partition coefficient (Wildman–Crippen LogP) is 3.91. The Bertz CT molecular complexity index is 1130. The normalized spacial score (nSPS) is 18.2. The first-order valence-electron chi connectivity index (χ1n) is 9.53. The zero-order valence-corrected chi connectivity index (χ0v) is 18.1. The van der Waals surface area contributed by atoms with E-state index in [9.17, 15) is 8.42 Å². The van der Waals surface area contributed by atoms with Crippen molar-refractivity contribution >= 4 is 32.5 Å². The first-order chi connectivity index (χ1) is 14.0. The Labute approximate surface area is 175 Å². The highest BCUT2D eigenvalue weighted by Crippen LogP contribution is 2.29. The molecule has 1 N–H and O–H groups in total. The number of rotatable bonds is 6. The summed E-state index contributed by atoms with van der Waals surface area (Å²) in [6.45, 7) is 0.578. The summed E-state index contributed by atoms with van der Waals surface area (Å²) >= 11 is 1.70. The number of hydrogen-bond donors (Lipinski definition) is 1. The van der Waals surface area contributed by atoms with Gasteiger partial charge in [0.15, 0.2) is 9.84 Å². The molecule has 1 aromatic heterocycles. The summed E-state index contributed by atoms with van der Waals surface area (Å²) in [4.78, 5) is 6.14. The van der Waals surface area contributed by atoms with Crippen LogP contribution in [0.5, 0.6) is 5.75 Å². The number of fused-ring (bicyclic) bond motifs is 1. The summed E-state index contributed by atoms with van der Waals surface area (Å²) in [5.41, 5.74) is 3.93. The van der Waals surface area contributed by atoms with Crippen molar-refractivity contribution < 1.29 is 13.2 Å². The van der Waals surface area contributed by atoms with Crippen LogP contribution in [0.15, 0.2) is 53.4 Å². The smallest absolute Gasteiger partial charge is 0.151 e. The summed E-state index contributed by atoms with van der Waals surface area (Å²) in [7, 11) is -1.26. The Morgan fingerprint density at radius 2 is 1.97 bits per heavy atom. The molecule has 1 unspecified atom stereocenters. The van der Waals surface area contributed by atoms with Gasteiger partial charge in [-0.05, 0) is 60.7 Å². The van der Waals surface area contributed by atoms with Crippen LogP contribution < -0.4 is 10.1 Å². The van der Waals surface area contributed by atoms with Crippen molar-refractivity contribution in [3.63, 3.8) is 0 Å². The number of methoxy groups -OCH3 is 1. The van der Waals surface area contributed by atoms with Gasteiger partial charge in [0.2, 0.25) is 0 Å². The summed E-state index contributed by atoms with van der Waals surface area (Å²) in [5.74, 6) is 1.28. The van der Waals surface area contributed by atoms with Crippen molar-refractivity contribution in [1.82, 2.24) is 10.3 Å². The minimum Gasteiger partial charge on any atom is -0.497 e. The van der Waals surface area contributed by atoms with E-state index in [1.165, 1.54) is 4.90 Å². The van der Waals surface area contributed by atoms with Gasteiger partial charge in [-0.2, -0.15) is 0 Å². The van der Waals surface area contributed by atoms with Crippen molar-refractivity contribution in [1.29, 1.82) is 0 Å². The molecule has 1 atom stereocenters. The molecule has 0 saturated carbocycles. The molecule has 0 aliphatic carbocycles. The Balaban J connectivity index is 1.71. The lowest BCUT2D eigenvalue weighted by Crippen LogP contribution is -2.29. The molecule has 1 saturated heterocycles. The molecule has 7 heteroatoms. The predicted molar refractivity (Wildman–Crippen MR) is 119 cm³/mol. The number of pyridine rings is 1. The van der Waals surface area contributed by atoms with Crippen LogP contribution in [0, 0.1) is 0 Å². The van der Waals surface area contributed by atoms with Crippen molar-refractivity contribution in [2.24, 2.45) is 0 Å². The molecular weight excluding hydrogens is 404 g/mol. The zero-order valence-electron chi connectivity index (χ0n) is 16.5. The summed E-state index contributed by atoms with van der Waals surface area (Å²) in [5, 5.41) is 4.51. The van der Waals surface area contributed by atoms with Gasteiger partial charge < -0.3 is 10.1 Å². The molecule has 1 aliphatic heterocycles. The lowest BCUT2D eigenvalue weighted by Gasteiger charge is -2.15. The molecule has 3 aromatic rings. The van der Waals surface area contributed by atoms with Crippen molar-refractivity contribution in [2.45, 2.75) is 23.9 Å². The van der Waals surface area contributed by atoms with Crippen LogP contribution in [-0.2, 0) is 16.4 Å². The van der Waals surface area contributed by atoms with Gasteiger partial charge in [-0.25, -0.2) is 13.4 Å². The van der Waals surface area contributed by atoms with E-state index in [0.717, 1.165) is 33.5 Å². The van der Waals surface area contributed by atoms with E-state index in [2.05, 4.69) is 35.8 Å². The number of benzene rings is 2. The van der Waals surface area contributed by atoms with Crippen LogP contribution in [-0.4, -0.2) is 44.3 Å². The molecule has 29 heavy (non-hydrogen) atoms. The molecule has 5 nitrogen and oxygen atoms in total. The second-order valence-electron chi connectivity index (χ2n) is 7.26. The number of aromatic nitrogens is 1. The lowest BCUT2D eigenvalue weighted by molar-refractivity contribution is 0.415. The average Bonchev–Trinajstić information content (AvgIpc) is 3.09. The quantitative estimate of drug-likeness (QED) is 0.601. The van der Waals surface area contributed by atoms with Gasteiger partial charge in [0, 0.05) is 28.4 Å². The van der Waals surface area contributed by atoms with E-state index >= 15 is 0 Å². The van der Waals surface area contributed by atoms with E-state index in [0.29, 0.717) is 13.0 Å². The van der Waals surface area contributed by atoms with Crippen LogP contribution in [0.4, 0.5) is 0 Å². The fourth-order valence-electron chi connectivity index (χ4n) is 3.66. The lowest BCUT2D eigenvalue weighted by atomic mass is 10.0. The molecule has 0 spiro atoms. The summed E-state index contributed by atoms with van der Waals surface area (Å²) < 4.78 is 28.8. The number of nitrogens with one attached hydrogen (secondary N) is 1. The number of sulfone groups is 1. The maximum atomic E-state index is 11.8. The highest BCUT2D eigenvalue weighted by atomic mass is 32.2. The van der Waals surface area contributed by atoms with Crippen LogP contribution in [0.3, 0.4) is 0 Å². The van der Waals surface area contributed by atoms with Gasteiger partial charge >= 0.3 is 0 Å². The minimum atomic E-state index is -2.91. The third kappa shape index (κ3) is 4.57. The molecule has 1 aliphatic rings. The van der Waals surface area contributed by atoms with Gasteiger partial charge in [0.25, 0.3) is 0 Å². The number of nitrogens with zero attached hydrogens (tertiary/aromatic N) is 1. The Morgan fingerprint density at radius 1 is 1.17 bits per heavy atom. The van der Waals surface area contributed by atoms with Gasteiger partial charge in [-0.3, -0.25) is 0 Å². The standard InChI is InChI=1S/C22H24N2O3S2/c1-27-19-6-3-15(4-7-19)22-17(13-23-18-9-10-29(25,26)14-18)11-16-5-8-20(28-2)12-21(16)24-22/h3-8,11-12,18,23H,9-10,13-14H2,1-2H3. The van der Waals surface area contributed by atoms with Crippen molar-refractivity contribution in [3.8, 4) is 17.0 Å². The van der Waals surface area contributed by atoms with E-state index in [1.807, 2.05) is 24.3 Å². The van der Waals surface area contributed by atoms with Gasteiger partial charge in [-0.15, -0.1) is 11.8 Å². The Hall–Kier alpha value is -2.09. The molecule has 0 radical (unpaired) electrons. The van der Waals surface area contributed by atoms with Crippen molar-refractivity contribution in [3.05, 3.63) is 54.1 Å². The van der Waals surface area contributed by atoms with Crippen molar-refractivity contribution in [2.75, 3.05) is 24.9 Å². The van der Waals surface area contributed by atoms with Crippen LogP contribution >= 0.6 is 11.8 Å². The molecule has 4 rings (SSSR count). The first kappa shape index (κ1) is 20.2. The van der Waals surface area contributed by atoms with Gasteiger partial charge in [0.1, 0.15) is 5.75 Å². The largest absolute Gasteiger partial charge is 0.497 e. The van der Waals surface area contributed by atoms with Gasteiger partial charge in [-0.1, -0.05) is 6.07 Å². The van der Waals surface area contributed by atoms with E-state index in [-0.39, 0.29) is 17.5 Å². The fraction of sp³-hybridized carbons (Fsp3) is 0.318. The van der Waals surface area contributed by atoms with Crippen LogP contribution in [0.2, 0.25) is 0 Å². The maximum Gasteiger partial charge on any atom is 0.151 e. The molecule has 2 heterocycles. The van der Waals surface area contributed by atoms with Crippen LogP contribution in [0.1, 0.15) is 12.0 Å². The SMILES string of the molecule is COc1ccc(-c2nc3cc(SC)ccc3cc2CNC2CCS(=O)(=O)C2)cc1. The number of ether oxygens (including phenoxy) is 1. The second-order valence-corrected chi connectivity index (χ2v) is 10.4. The highest BCUT2D eigenvalue weighted by Gasteiger charge is 2.27. The topological polar surface area (TPSA) is 68.3 Å². The minimum absolute atomic E-state index is 0.00159. The zero-order chi connectivity index (χ0) is 20.4. The van der Waals surface area contributed by atoms with Gasteiger partial charge in [0.05, 0.1) is 29.8 Å². The van der Waals surface area contributed by atoms with E-state index < -0.39 is 9.84 Å². The summed E-state index contributed by atoms with van der Waals surface area (Å²) in [6, 6.07) is 16.3. The number of hydrogen-bond acceptors (Lipinski definition) is 6. The first-order valence-corrected chi connectivity index (χ1v) is 12.6. The number of thioether (sulfide) groups is 1. The Kier molecular flexibility index (Phi) is 5.81. The fourth-order valence-corrected chi connectivity index (χ4v) is 5.80. The molecule has 0 bridgehead atoms. The Morgan fingerprint density at radius 3 is 2.62 bits per heavy atom. The third-order valence-electron chi connectivity index (χ3n) is 5.28. The molecule has 152 valence electrons. The van der Waals surface area contributed by atoms with E-state index in [1.54, 1.807) is 18.9 Å². The molecule has 0 amide bonds. The third-order valence-corrected chi connectivity index (χ3v) is 7.77. The second kappa shape index (κ2) is 8.34. The maximum absolute atomic E-state index is 11.8. The average molecular weight is 429 g/mol. The molecule has 2 aromatic carbocycles. The van der Waals surface area contributed by atoms with E-state index in [4.69, 9.17) is 9.72 Å². The molecular formula is C22H24N2O3S2. The van der Waals surface area contributed by atoms with Crippen LogP contribution in [0.25, 0.3) is 22.2 Å². The summed E-state index contributed by atoms with van der Waals surface area (Å²) in [6.07, 6.45) is 2.72.